The quantitative estimate of drug-likeness (QED) is 0.769. The van der Waals surface area contributed by atoms with Crippen molar-refractivity contribution in [2.24, 2.45) is 17.8 Å². The molecule has 5 nitrogen and oxygen atoms in total. The van der Waals surface area contributed by atoms with Crippen molar-refractivity contribution < 1.29 is 13.2 Å². The lowest BCUT2D eigenvalue weighted by Gasteiger charge is -2.56. The lowest BCUT2D eigenvalue weighted by molar-refractivity contribution is -0.127. The first-order valence-corrected chi connectivity index (χ1v) is 12.0. The number of carbonyl (C=O) groups excluding carboxylic acids is 1. The zero-order valence-electron chi connectivity index (χ0n) is 15.3. The summed E-state index contributed by atoms with van der Waals surface area (Å²) in [6, 6.07) is 3.36. The molecule has 26 heavy (non-hydrogen) atoms. The van der Waals surface area contributed by atoms with Crippen LogP contribution in [0.15, 0.2) is 21.7 Å². The van der Waals surface area contributed by atoms with E-state index >= 15 is 0 Å². The molecule has 1 aromatic heterocycles. The standard InChI is InChI=1S/C19H28N2O3S2/c1-21(26(23,24)18-5-3-7-25-18)6-2-4-17(22)20-19-11-14-8-15(12-19)10-16(9-14)13-19/h3,5,7,14-16H,2,4,6,8-13H2,1H3,(H,20,22). The number of nitrogens with zero attached hydrogens (tertiary/aromatic N) is 1. The molecule has 4 aliphatic rings. The number of thiophene rings is 1. The first kappa shape index (κ1) is 18.4. The van der Waals surface area contributed by atoms with Gasteiger partial charge in [0.2, 0.25) is 5.91 Å². The molecule has 1 aromatic rings. The minimum atomic E-state index is -3.42. The fourth-order valence-corrected chi connectivity index (χ4v) is 8.18. The smallest absolute Gasteiger partial charge is 0.252 e. The number of hydrogen-bond donors (Lipinski definition) is 1. The van der Waals surface area contributed by atoms with Crippen molar-refractivity contribution in [2.75, 3.05) is 13.6 Å². The maximum absolute atomic E-state index is 12.5. The average Bonchev–Trinajstić information content (AvgIpc) is 3.08. The summed E-state index contributed by atoms with van der Waals surface area (Å²) in [5, 5.41) is 5.12. The Labute approximate surface area is 160 Å². The van der Waals surface area contributed by atoms with Gasteiger partial charge in [0.1, 0.15) is 4.21 Å². The van der Waals surface area contributed by atoms with Crippen molar-refractivity contribution in [3.8, 4) is 0 Å². The summed E-state index contributed by atoms with van der Waals surface area (Å²) < 4.78 is 26.5. The molecule has 1 amide bonds. The minimum absolute atomic E-state index is 0.0424. The van der Waals surface area contributed by atoms with Gasteiger partial charge in [-0.05, 0) is 74.1 Å². The first-order valence-electron chi connectivity index (χ1n) is 9.67. The normalized spacial score (nSPS) is 32.9. The van der Waals surface area contributed by atoms with Gasteiger partial charge in [-0.3, -0.25) is 4.79 Å². The van der Waals surface area contributed by atoms with Gasteiger partial charge in [-0.1, -0.05) is 6.07 Å². The Hall–Kier alpha value is -0.920. The van der Waals surface area contributed by atoms with E-state index in [9.17, 15) is 13.2 Å². The molecule has 0 radical (unpaired) electrons. The number of rotatable bonds is 7. The fraction of sp³-hybridized carbons (Fsp3) is 0.737. The van der Waals surface area contributed by atoms with Gasteiger partial charge < -0.3 is 5.32 Å². The zero-order valence-corrected chi connectivity index (χ0v) is 16.9. The summed E-state index contributed by atoms with van der Waals surface area (Å²) in [5.74, 6) is 2.52. The van der Waals surface area contributed by atoms with Crippen LogP contribution in [0.4, 0.5) is 0 Å². The van der Waals surface area contributed by atoms with Crippen LogP contribution in [-0.4, -0.2) is 37.8 Å². The highest BCUT2D eigenvalue weighted by Crippen LogP contribution is 2.55. The molecule has 0 spiro atoms. The van der Waals surface area contributed by atoms with Crippen molar-refractivity contribution in [3.05, 3.63) is 17.5 Å². The van der Waals surface area contributed by atoms with E-state index in [1.54, 1.807) is 24.6 Å². The predicted molar refractivity (Wildman–Crippen MR) is 102 cm³/mol. The topological polar surface area (TPSA) is 66.5 Å². The molecule has 1 heterocycles. The van der Waals surface area contributed by atoms with Gasteiger partial charge in [-0.25, -0.2) is 12.7 Å². The van der Waals surface area contributed by atoms with Gasteiger partial charge in [0.05, 0.1) is 0 Å². The Bertz CT molecular complexity index is 722. The molecule has 0 aliphatic heterocycles. The Morgan fingerprint density at radius 1 is 1.23 bits per heavy atom. The van der Waals surface area contributed by atoms with E-state index in [0.717, 1.165) is 37.0 Å². The van der Waals surface area contributed by atoms with E-state index in [0.29, 0.717) is 23.6 Å². The van der Waals surface area contributed by atoms with E-state index in [1.165, 1.54) is 34.9 Å². The number of carbonyl (C=O) groups is 1. The highest BCUT2D eigenvalue weighted by atomic mass is 32.2. The molecule has 0 saturated heterocycles. The summed E-state index contributed by atoms with van der Waals surface area (Å²) in [6.07, 6.45) is 8.49. The van der Waals surface area contributed by atoms with Crippen LogP contribution in [0.2, 0.25) is 0 Å². The summed E-state index contributed by atoms with van der Waals surface area (Å²) in [6.45, 7) is 0.370. The van der Waals surface area contributed by atoms with Gasteiger partial charge in [0.25, 0.3) is 10.0 Å². The van der Waals surface area contributed by atoms with Crippen molar-refractivity contribution in [3.63, 3.8) is 0 Å². The van der Waals surface area contributed by atoms with Crippen LogP contribution in [0.3, 0.4) is 0 Å². The fourth-order valence-electron chi connectivity index (χ4n) is 5.77. The second kappa shape index (κ2) is 6.91. The van der Waals surface area contributed by atoms with E-state index in [1.807, 2.05) is 0 Å². The third-order valence-electron chi connectivity index (χ3n) is 6.48. The minimum Gasteiger partial charge on any atom is -0.351 e. The molecule has 4 fully saturated rings. The van der Waals surface area contributed by atoms with Crippen LogP contribution >= 0.6 is 11.3 Å². The van der Waals surface area contributed by atoms with Crippen LogP contribution in [0.1, 0.15) is 51.4 Å². The average molecular weight is 397 g/mol. The molecular formula is C19H28N2O3S2. The van der Waals surface area contributed by atoms with Crippen molar-refractivity contribution >= 4 is 27.3 Å². The molecule has 144 valence electrons. The van der Waals surface area contributed by atoms with Gasteiger partial charge in [-0.2, -0.15) is 0 Å². The molecule has 7 heteroatoms. The summed E-state index contributed by atoms with van der Waals surface area (Å²) in [5.41, 5.74) is 0.0424. The molecule has 4 aliphatic carbocycles. The Kier molecular flexibility index (Phi) is 4.90. The lowest BCUT2D eigenvalue weighted by Crippen LogP contribution is -2.59. The third kappa shape index (κ3) is 3.58. The van der Waals surface area contributed by atoms with E-state index in [-0.39, 0.29) is 11.4 Å². The van der Waals surface area contributed by atoms with Crippen molar-refractivity contribution in [1.82, 2.24) is 9.62 Å². The second-order valence-corrected chi connectivity index (χ2v) is 11.8. The van der Waals surface area contributed by atoms with Gasteiger partial charge in [-0.15, -0.1) is 11.3 Å². The number of amides is 1. The molecule has 0 aromatic carbocycles. The molecular weight excluding hydrogens is 368 g/mol. The van der Waals surface area contributed by atoms with Gasteiger partial charge >= 0.3 is 0 Å². The summed E-state index contributed by atoms with van der Waals surface area (Å²) >= 11 is 1.23. The highest BCUT2D eigenvalue weighted by molar-refractivity contribution is 7.91. The molecule has 5 rings (SSSR count). The van der Waals surface area contributed by atoms with E-state index in [4.69, 9.17) is 0 Å². The molecule has 4 bridgehead atoms. The van der Waals surface area contributed by atoms with Crippen LogP contribution < -0.4 is 5.32 Å². The highest BCUT2D eigenvalue weighted by Gasteiger charge is 2.51. The lowest BCUT2D eigenvalue weighted by atomic mass is 9.53. The maximum Gasteiger partial charge on any atom is 0.252 e. The van der Waals surface area contributed by atoms with Crippen LogP contribution in [0.5, 0.6) is 0 Å². The summed E-state index contributed by atoms with van der Waals surface area (Å²) in [4.78, 5) is 12.5. The largest absolute Gasteiger partial charge is 0.351 e. The maximum atomic E-state index is 12.5. The Morgan fingerprint density at radius 3 is 2.38 bits per heavy atom. The number of hydrogen-bond acceptors (Lipinski definition) is 4. The van der Waals surface area contributed by atoms with Crippen molar-refractivity contribution in [2.45, 2.75) is 61.1 Å². The van der Waals surface area contributed by atoms with Crippen molar-refractivity contribution in [1.29, 1.82) is 0 Å². The van der Waals surface area contributed by atoms with Gasteiger partial charge in [0, 0.05) is 25.6 Å². The number of nitrogens with one attached hydrogen (secondary N) is 1. The molecule has 4 saturated carbocycles. The van der Waals surface area contributed by atoms with Crippen LogP contribution in [0, 0.1) is 17.8 Å². The zero-order chi connectivity index (χ0) is 18.4. The molecule has 1 N–H and O–H groups in total. The van der Waals surface area contributed by atoms with Gasteiger partial charge in [0.15, 0.2) is 0 Å². The Morgan fingerprint density at radius 2 is 1.85 bits per heavy atom. The summed E-state index contributed by atoms with van der Waals surface area (Å²) in [7, 11) is -1.83. The van der Waals surface area contributed by atoms with E-state index < -0.39 is 10.0 Å². The second-order valence-electron chi connectivity index (χ2n) is 8.61. The van der Waals surface area contributed by atoms with E-state index in [2.05, 4.69) is 5.32 Å². The monoisotopic (exact) mass is 396 g/mol. The first-order chi connectivity index (χ1) is 12.4. The van der Waals surface area contributed by atoms with Crippen LogP contribution in [0.25, 0.3) is 0 Å². The third-order valence-corrected chi connectivity index (χ3v) is 9.71. The predicted octanol–water partition coefficient (Wildman–Crippen LogP) is 3.23. The SMILES string of the molecule is CN(CCCC(=O)NC12CC3CC(CC(C3)C1)C2)S(=O)(=O)c1cccs1. The molecule has 0 unspecified atom stereocenters. The molecule has 0 atom stereocenters. The Balaban J connectivity index is 1.27. The number of sulfonamides is 1. The van der Waals surface area contributed by atoms with Crippen LogP contribution in [-0.2, 0) is 14.8 Å².